The molecule has 0 amide bonds. The van der Waals surface area contributed by atoms with Gasteiger partial charge >= 0.3 is 0 Å². The standard InChI is InChI=1S/C10H12N2O.2ClH/c11-9-5-10(6-9,13-7-9)8-1-3-12-4-2-8;;/h1-4H,5-7,11H2;2*1H. The van der Waals surface area contributed by atoms with Gasteiger partial charge < -0.3 is 10.5 Å². The number of pyridine rings is 1. The average Bonchev–Trinajstić information content (AvgIpc) is 2.61. The van der Waals surface area contributed by atoms with E-state index in [1.54, 1.807) is 0 Å². The van der Waals surface area contributed by atoms with Crippen LogP contribution in [0.2, 0.25) is 0 Å². The Morgan fingerprint density at radius 1 is 1.20 bits per heavy atom. The average molecular weight is 249 g/mol. The molecule has 2 aliphatic heterocycles. The van der Waals surface area contributed by atoms with E-state index in [2.05, 4.69) is 4.98 Å². The third-order valence-corrected chi connectivity index (χ3v) is 3.12. The molecule has 3 aliphatic rings. The molecule has 5 heteroatoms. The Labute approximate surface area is 101 Å². The van der Waals surface area contributed by atoms with Crippen molar-refractivity contribution in [2.45, 2.75) is 24.0 Å². The van der Waals surface area contributed by atoms with Crippen LogP contribution < -0.4 is 5.73 Å². The Morgan fingerprint density at radius 2 is 1.80 bits per heavy atom. The Morgan fingerprint density at radius 3 is 2.27 bits per heavy atom. The van der Waals surface area contributed by atoms with Crippen LogP contribution in [-0.2, 0) is 10.3 Å². The second-order valence-corrected chi connectivity index (χ2v) is 4.23. The first kappa shape index (κ1) is 12.7. The van der Waals surface area contributed by atoms with Crippen molar-refractivity contribution < 1.29 is 4.74 Å². The lowest BCUT2D eigenvalue weighted by molar-refractivity contribution is -0.00642. The van der Waals surface area contributed by atoms with Gasteiger partial charge in [-0.2, -0.15) is 0 Å². The number of ether oxygens (including phenoxy) is 1. The highest BCUT2D eigenvalue weighted by molar-refractivity contribution is 5.85. The fourth-order valence-corrected chi connectivity index (χ4v) is 2.51. The lowest BCUT2D eigenvalue weighted by Crippen LogP contribution is -2.53. The molecule has 0 radical (unpaired) electrons. The van der Waals surface area contributed by atoms with Crippen LogP contribution >= 0.6 is 24.8 Å². The van der Waals surface area contributed by atoms with E-state index in [0.29, 0.717) is 6.61 Å². The van der Waals surface area contributed by atoms with E-state index in [1.807, 2.05) is 24.5 Å². The van der Waals surface area contributed by atoms with Crippen molar-refractivity contribution in [3.63, 3.8) is 0 Å². The van der Waals surface area contributed by atoms with E-state index in [4.69, 9.17) is 10.5 Å². The second-order valence-electron chi connectivity index (χ2n) is 4.23. The van der Waals surface area contributed by atoms with Crippen LogP contribution in [-0.4, -0.2) is 17.1 Å². The van der Waals surface area contributed by atoms with E-state index in [9.17, 15) is 0 Å². The van der Waals surface area contributed by atoms with E-state index in [0.717, 1.165) is 12.8 Å². The molecule has 2 N–H and O–H groups in total. The summed E-state index contributed by atoms with van der Waals surface area (Å²) in [4.78, 5) is 4.00. The minimum Gasteiger partial charge on any atom is -0.368 e. The highest BCUT2D eigenvalue weighted by Crippen LogP contribution is 2.56. The second kappa shape index (κ2) is 3.91. The zero-order chi connectivity index (χ0) is 8.94. The summed E-state index contributed by atoms with van der Waals surface area (Å²) < 4.78 is 5.75. The summed E-state index contributed by atoms with van der Waals surface area (Å²) >= 11 is 0. The maximum atomic E-state index is 6.03. The fraction of sp³-hybridized carbons (Fsp3) is 0.500. The Kier molecular flexibility index (Phi) is 3.31. The van der Waals surface area contributed by atoms with Crippen LogP contribution in [0.3, 0.4) is 0 Å². The normalized spacial score (nSPS) is 36.1. The molecular formula is C10H14Cl2N2O. The molecular weight excluding hydrogens is 235 g/mol. The molecule has 4 rings (SSSR count). The number of halogens is 2. The maximum absolute atomic E-state index is 6.03. The topological polar surface area (TPSA) is 48.1 Å². The van der Waals surface area contributed by atoms with Gasteiger partial charge in [-0.15, -0.1) is 24.8 Å². The SMILES string of the molecule is Cl.Cl.NC12COC(c3ccncc3)(C1)C2. The van der Waals surface area contributed by atoms with Gasteiger partial charge in [-0.05, 0) is 17.7 Å². The van der Waals surface area contributed by atoms with E-state index < -0.39 is 0 Å². The minimum atomic E-state index is -0.0717. The van der Waals surface area contributed by atoms with Crippen LogP contribution in [0.1, 0.15) is 18.4 Å². The first-order valence-electron chi connectivity index (χ1n) is 4.56. The monoisotopic (exact) mass is 248 g/mol. The molecule has 0 aromatic carbocycles. The van der Waals surface area contributed by atoms with Gasteiger partial charge in [-0.1, -0.05) is 0 Å². The summed E-state index contributed by atoms with van der Waals surface area (Å²) in [5, 5.41) is 0. The van der Waals surface area contributed by atoms with Gasteiger partial charge in [0.2, 0.25) is 0 Å². The third kappa shape index (κ3) is 1.74. The molecule has 1 aliphatic carbocycles. The van der Waals surface area contributed by atoms with Crippen LogP contribution in [0.25, 0.3) is 0 Å². The summed E-state index contributed by atoms with van der Waals surface area (Å²) in [5.41, 5.74) is 7.14. The minimum absolute atomic E-state index is 0. The smallest absolute Gasteiger partial charge is 0.0970 e. The molecule has 1 aromatic rings. The highest BCUT2D eigenvalue weighted by Gasteiger charge is 2.61. The predicted molar refractivity (Wildman–Crippen MR) is 62.5 cm³/mol. The van der Waals surface area contributed by atoms with Crippen molar-refractivity contribution in [1.82, 2.24) is 4.98 Å². The number of hydrogen-bond donors (Lipinski definition) is 1. The highest BCUT2D eigenvalue weighted by atomic mass is 35.5. The van der Waals surface area contributed by atoms with E-state index in [1.165, 1.54) is 5.56 Å². The van der Waals surface area contributed by atoms with E-state index >= 15 is 0 Å². The van der Waals surface area contributed by atoms with Crippen molar-refractivity contribution in [1.29, 1.82) is 0 Å². The number of fused-ring (bicyclic) bond motifs is 1. The molecule has 84 valence electrons. The molecule has 3 nitrogen and oxygen atoms in total. The van der Waals surface area contributed by atoms with E-state index in [-0.39, 0.29) is 36.0 Å². The van der Waals surface area contributed by atoms with Crippen molar-refractivity contribution in [3.8, 4) is 0 Å². The van der Waals surface area contributed by atoms with Gasteiger partial charge in [-0.3, -0.25) is 4.98 Å². The van der Waals surface area contributed by atoms with Crippen molar-refractivity contribution in [3.05, 3.63) is 30.1 Å². The van der Waals surface area contributed by atoms with Crippen LogP contribution in [0, 0.1) is 0 Å². The zero-order valence-corrected chi connectivity index (χ0v) is 9.81. The molecule has 1 saturated carbocycles. The third-order valence-electron chi connectivity index (χ3n) is 3.12. The summed E-state index contributed by atoms with van der Waals surface area (Å²) in [6.45, 7) is 0.704. The summed E-state index contributed by atoms with van der Waals surface area (Å²) in [5.74, 6) is 0. The Hall–Kier alpha value is -0.350. The molecule has 0 spiro atoms. The Balaban J connectivity index is 0.000000562. The van der Waals surface area contributed by atoms with Crippen molar-refractivity contribution in [2.75, 3.05) is 6.61 Å². The first-order chi connectivity index (χ1) is 6.23. The maximum Gasteiger partial charge on any atom is 0.0970 e. The van der Waals surface area contributed by atoms with Gasteiger partial charge in [0.15, 0.2) is 0 Å². The molecule has 1 aromatic heterocycles. The first-order valence-corrected chi connectivity index (χ1v) is 4.56. The number of nitrogens with two attached hydrogens (primary N) is 1. The lowest BCUT2D eigenvalue weighted by atomic mass is 9.66. The van der Waals surface area contributed by atoms with Crippen LogP contribution in [0.4, 0.5) is 0 Å². The lowest BCUT2D eigenvalue weighted by Gasteiger charge is -2.42. The quantitative estimate of drug-likeness (QED) is 0.823. The van der Waals surface area contributed by atoms with Crippen molar-refractivity contribution in [2.24, 2.45) is 5.73 Å². The van der Waals surface area contributed by atoms with Crippen molar-refractivity contribution >= 4 is 24.8 Å². The predicted octanol–water partition coefficient (Wildman–Crippen LogP) is 1.64. The van der Waals surface area contributed by atoms with Gasteiger partial charge in [-0.25, -0.2) is 0 Å². The largest absolute Gasteiger partial charge is 0.368 e. The number of aromatic nitrogens is 1. The van der Waals surface area contributed by atoms with Crippen LogP contribution in [0.15, 0.2) is 24.5 Å². The van der Waals surface area contributed by atoms with Crippen LogP contribution in [0.5, 0.6) is 0 Å². The van der Waals surface area contributed by atoms with Gasteiger partial charge in [0.05, 0.1) is 12.2 Å². The summed E-state index contributed by atoms with van der Waals surface area (Å²) in [6, 6.07) is 4.04. The molecule has 3 heterocycles. The van der Waals surface area contributed by atoms with Gasteiger partial charge in [0.25, 0.3) is 0 Å². The molecule has 0 atom stereocenters. The Bertz CT molecular complexity index is 339. The number of rotatable bonds is 1. The zero-order valence-electron chi connectivity index (χ0n) is 8.18. The molecule has 0 unspecified atom stereocenters. The fourth-order valence-electron chi connectivity index (χ4n) is 2.51. The van der Waals surface area contributed by atoms with Gasteiger partial charge in [0.1, 0.15) is 0 Å². The molecule has 2 bridgehead atoms. The number of hydrogen-bond acceptors (Lipinski definition) is 3. The van der Waals surface area contributed by atoms with Gasteiger partial charge in [0, 0.05) is 30.8 Å². The summed E-state index contributed by atoms with van der Waals surface area (Å²) in [6.07, 6.45) is 5.54. The molecule has 3 fully saturated rings. The summed E-state index contributed by atoms with van der Waals surface area (Å²) in [7, 11) is 0. The molecule has 2 saturated heterocycles. The molecule has 15 heavy (non-hydrogen) atoms. The number of nitrogens with zero attached hydrogens (tertiary/aromatic N) is 1.